The highest BCUT2D eigenvalue weighted by Crippen LogP contribution is 2.10. The van der Waals surface area contributed by atoms with Crippen molar-refractivity contribution in [2.75, 3.05) is 18.8 Å². The highest BCUT2D eigenvalue weighted by atomic mass is 16.2. The zero-order valence-electron chi connectivity index (χ0n) is 11.8. The van der Waals surface area contributed by atoms with Gasteiger partial charge in [-0.3, -0.25) is 9.59 Å². The van der Waals surface area contributed by atoms with Crippen molar-refractivity contribution in [2.24, 2.45) is 0 Å². The summed E-state index contributed by atoms with van der Waals surface area (Å²) in [5, 5.41) is 2.92. The Morgan fingerprint density at radius 2 is 2.30 bits per heavy atom. The molecule has 1 fully saturated rings. The van der Waals surface area contributed by atoms with E-state index >= 15 is 0 Å². The number of nitrogens with two attached hydrogens (primary N) is 1. The first-order chi connectivity index (χ1) is 9.54. The monoisotopic (exact) mass is 275 g/mol. The van der Waals surface area contributed by atoms with Crippen LogP contribution in [0.5, 0.6) is 0 Å². The molecule has 1 aliphatic heterocycles. The molecule has 0 spiro atoms. The Morgan fingerprint density at radius 3 is 2.95 bits per heavy atom. The fraction of sp³-hybridized carbons (Fsp3) is 0.467. The third kappa shape index (κ3) is 3.98. The van der Waals surface area contributed by atoms with Gasteiger partial charge < -0.3 is 16.0 Å². The lowest BCUT2D eigenvalue weighted by atomic mass is 10.1. The first-order valence-corrected chi connectivity index (χ1v) is 6.96. The first kappa shape index (κ1) is 14.4. The maximum Gasteiger partial charge on any atom is 0.224 e. The zero-order chi connectivity index (χ0) is 14.5. The minimum atomic E-state index is -0.0465. The average Bonchev–Trinajstić information content (AvgIpc) is 2.74. The van der Waals surface area contributed by atoms with Gasteiger partial charge in [-0.2, -0.15) is 0 Å². The molecule has 1 heterocycles. The maximum absolute atomic E-state index is 11.9. The SMILES string of the molecule is CC(CN1CCCC1=O)NC(=O)Cc1cccc(N)c1. The van der Waals surface area contributed by atoms with Crippen LogP contribution in [0.4, 0.5) is 5.69 Å². The number of nitrogen functional groups attached to an aromatic ring is 1. The van der Waals surface area contributed by atoms with Gasteiger partial charge in [0.05, 0.1) is 6.42 Å². The van der Waals surface area contributed by atoms with Gasteiger partial charge >= 0.3 is 0 Å². The fourth-order valence-electron chi connectivity index (χ4n) is 2.49. The van der Waals surface area contributed by atoms with Crippen LogP contribution in [-0.4, -0.2) is 35.8 Å². The number of benzene rings is 1. The number of carbonyl (C=O) groups is 2. The van der Waals surface area contributed by atoms with Crippen LogP contribution in [0.3, 0.4) is 0 Å². The van der Waals surface area contributed by atoms with Gasteiger partial charge in [-0.25, -0.2) is 0 Å². The molecule has 108 valence electrons. The highest BCUT2D eigenvalue weighted by molar-refractivity contribution is 5.80. The predicted molar refractivity (Wildman–Crippen MR) is 78.0 cm³/mol. The molecule has 1 aliphatic rings. The minimum absolute atomic E-state index is 0.0365. The molecular formula is C15H21N3O2. The van der Waals surface area contributed by atoms with Crippen LogP contribution in [0.15, 0.2) is 24.3 Å². The fourth-order valence-corrected chi connectivity index (χ4v) is 2.49. The van der Waals surface area contributed by atoms with Crippen molar-refractivity contribution < 1.29 is 9.59 Å². The number of carbonyl (C=O) groups excluding carboxylic acids is 2. The minimum Gasteiger partial charge on any atom is -0.399 e. The number of rotatable bonds is 5. The molecule has 20 heavy (non-hydrogen) atoms. The normalized spacial score (nSPS) is 16.2. The smallest absolute Gasteiger partial charge is 0.224 e. The van der Waals surface area contributed by atoms with Gasteiger partial charge in [0.15, 0.2) is 0 Å². The second-order valence-corrected chi connectivity index (χ2v) is 5.33. The van der Waals surface area contributed by atoms with Crippen molar-refractivity contribution in [3.8, 4) is 0 Å². The van der Waals surface area contributed by atoms with E-state index in [1.54, 1.807) is 12.1 Å². The number of hydrogen-bond acceptors (Lipinski definition) is 3. The van der Waals surface area contributed by atoms with Crippen LogP contribution in [0.1, 0.15) is 25.3 Å². The molecule has 1 atom stereocenters. The lowest BCUT2D eigenvalue weighted by Gasteiger charge is -2.21. The molecule has 2 amide bonds. The molecule has 1 aromatic rings. The summed E-state index contributed by atoms with van der Waals surface area (Å²) in [4.78, 5) is 25.3. The molecular weight excluding hydrogens is 254 g/mol. The average molecular weight is 275 g/mol. The quantitative estimate of drug-likeness (QED) is 0.785. The second kappa shape index (κ2) is 6.41. The summed E-state index contributed by atoms with van der Waals surface area (Å²) in [6, 6.07) is 7.28. The van der Waals surface area contributed by atoms with Crippen molar-refractivity contribution in [1.29, 1.82) is 0 Å². The van der Waals surface area contributed by atoms with Crippen molar-refractivity contribution in [3.63, 3.8) is 0 Å². The van der Waals surface area contributed by atoms with Crippen molar-refractivity contribution >= 4 is 17.5 Å². The van der Waals surface area contributed by atoms with E-state index in [1.165, 1.54) is 0 Å². The molecule has 1 saturated heterocycles. The largest absolute Gasteiger partial charge is 0.399 e. The third-order valence-corrected chi connectivity index (χ3v) is 3.39. The third-order valence-electron chi connectivity index (χ3n) is 3.39. The van der Waals surface area contributed by atoms with Gasteiger partial charge in [0.2, 0.25) is 11.8 Å². The van der Waals surface area contributed by atoms with Crippen LogP contribution < -0.4 is 11.1 Å². The number of hydrogen-bond donors (Lipinski definition) is 2. The molecule has 5 nitrogen and oxygen atoms in total. The lowest BCUT2D eigenvalue weighted by molar-refractivity contribution is -0.129. The summed E-state index contributed by atoms with van der Waals surface area (Å²) >= 11 is 0. The van der Waals surface area contributed by atoms with Crippen LogP contribution in [-0.2, 0) is 16.0 Å². The number of nitrogens with one attached hydrogen (secondary N) is 1. The van der Waals surface area contributed by atoms with Gasteiger partial charge in [-0.15, -0.1) is 0 Å². The predicted octanol–water partition coefficient (Wildman–Crippen LogP) is 0.938. The Bertz CT molecular complexity index is 502. The Kier molecular flexibility index (Phi) is 4.61. The summed E-state index contributed by atoms with van der Waals surface area (Å²) in [6.07, 6.45) is 1.86. The van der Waals surface area contributed by atoms with Crippen LogP contribution >= 0.6 is 0 Å². The summed E-state index contributed by atoms with van der Waals surface area (Å²) in [5.74, 6) is 0.136. The highest BCUT2D eigenvalue weighted by Gasteiger charge is 2.22. The van der Waals surface area contributed by atoms with Crippen LogP contribution in [0.25, 0.3) is 0 Å². The molecule has 0 radical (unpaired) electrons. The maximum atomic E-state index is 11.9. The van der Waals surface area contributed by atoms with E-state index in [-0.39, 0.29) is 17.9 Å². The summed E-state index contributed by atoms with van der Waals surface area (Å²) in [6.45, 7) is 3.30. The topological polar surface area (TPSA) is 75.4 Å². The molecule has 1 unspecified atom stereocenters. The van der Waals surface area contributed by atoms with E-state index in [1.807, 2.05) is 24.0 Å². The van der Waals surface area contributed by atoms with Gasteiger partial charge in [0.1, 0.15) is 0 Å². The van der Waals surface area contributed by atoms with Gasteiger partial charge in [0, 0.05) is 31.2 Å². The number of anilines is 1. The standard InChI is InChI=1S/C15H21N3O2/c1-11(10-18-7-3-6-15(18)20)17-14(19)9-12-4-2-5-13(16)8-12/h2,4-5,8,11H,3,6-7,9-10,16H2,1H3,(H,17,19). The number of amides is 2. The van der Waals surface area contributed by atoms with E-state index in [0.29, 0.717) is 25.1 Å². The zero-order valence-corrected chi connectivity index (χ0v) is 11.8. The number of likely N-dealkylation sites (tertiary alicyclic amines) is 1. The van der Waals surface area contributed by atoms with E-state index in [9.17, 15) is 9.59 Å². The Morgan fingerprint density at radius 1 is 1.50 bits per heavy atom. The Labute approximate surface area is 119 Å². The van der Waals surface area contributed by atoms with Crippen LogP contribution in [0, 0.1) is 0 Å². The molecule has 1 aromatic carbocycles. The molecule has 0 aromatic heterocycles. The van der Waals surface area contributed by atoms with E-state index < -0.39 is 0 Å². The van der Waals surface area contributed by atoms with Gasteiger partial charge in [-0.05, 0) is 31.0 Å². The van der Waals surface area contributed by atoms with E-state index in [2.05, 4.69) is 5.32 Å². The van der Waals surface area contributed by atoms with Crippen molar-refractivity contribution in [1.82, 2.24) is 10.2 Å². The van der Waals surface area contributed by atoms with Gasteiger partial charge in [0.25, 0.3) is 0 Å². The molecule has 2 rings (SSSR count). The Balaban J connectivity index is 1.80. The van der Waals surface area contributed by atoms with E-state index in [4.69, 9.17) is 5.73 Å². The summed E-state index contributed by atoms with van der Waals surface area (Å²) in [7, 11) is 0. The van der Waals surface area contributed by atoms with Crippen LogP contribution in [0.2, 0.25) is 0 Å². The molecule has 0 aliphatic carbocycles. The molecule has 3 N–H and O–H groups in total. The molecule has 5 heteroatoms. The van der Waals surface area contributed by atoms with E-state index in [0.717, 1.165) is 18.5 Å². The Hall–Kier alpha value is -2.04. The number of nitrogens with zero attached hydrogens (tertiary/aromatic N) is 1. The van der Waals surface area contributed by atoms with Crippen molar-refractivity contribution in [2.45, 2.75) is 32.2 Å². The first-order valence-electron chi connectivity index (χ1n) is 6.96. The second-order valence-electron chi connectivity index (χ2n) is 5.33. The lowest BCUT2D eigenvalue weighted by Crippen LogP contribution is -2.42. The molecule has 0 bridgehead atoms. The summed E-state index contributed by atoms with van der Waals surface area (Å²) < 4.78 is 0. The van der Waals surface area contributed by atoms with Gasteiger partial charge in [-0.1, -0.05) is 12.1 Å². The van der Waals surface area contributed by atoms with Crippen molar-refractivity contribution in [3.05, 3.63) is 29.8 Å². The molecule has 0 saturated carbocycles. The summed E-state index contributed by atoms with van der Waals surface area (Å²) in [5.41, 5.74) is 7.24.